The highest BCUT2D eigenvalue weighted by molar-refractivity contribution is 5.58. The van der Waals surface area contributed by atoms with Crippen molar-refractivity contribution >= 4 is 11.5 Å². The van der Waals surface area contributed by atoms with E-state index in [0.717, 1.165) is 32.4 Å². The van der Waals surface area contributed by atoms with Gasteiger partial charge in [-0.15, -0.1) is 0 Å². The third kappa shape index (κ3) is 2.54. The lowest BCUT2D eigenvalue weighted by molar-refractivity contribution is -0.385. The molecule has 0 aliphatic carbocycles. The van der Waals surface area contributed by atoms with Crippen molar-refractivity contribution in [2.45, 2.75) is 37.8 Å². The first-order chi connectivity index (χ1) is 10.2. The summed E-state index contributed by atoms with van der Waals surface area (Å²) in [6.07, 6.45) is 5.69. The Bertz CT molecular complexity index is 592. The fourth-order valence-corrected chi connectivity index (χ4v) is 3.37. The Hall–Kier alpha value is -2.20. The van der Waals surface area contributed by atoms with Gasteiger partial charge in [-0.1, -0.05) is 0 Å². The molecule has 1 aromatic heterocycles. The van der Waals surface area contributed by atoms with Gasteiger partial charge in [0.05, 0.1) is 4.92 Å². The fraction of sp³-hybridized carbons (Fsp3) is 0.571. The number of pyridine rings is 1. The highest BCUT2D eigenvalue weighted by Crippen LogP contribution is 2.31. The number of anilines is 1. The van der Waals surface area contributed by atoms with Crippen molar-refractivity contribution < 1.29 is 4.92 Å². The lowest BCUT2D eigenvalue weighted by Gasteiger charge is -2.30. The van der Waals surface area contributed by atoms with Gasteiger partial charge in [0.1, 0.15) is 23.6 Å². The first-order valence-electron chi connectivity index (χ1n) is 7.25. The Balaban J connectivity index is 1.91. The zero-order valence-electron chi connectivity index (χ0n) is 11.7. The maximum atomic E-state index is 10.8. The van der Waals surface area contributed by atoms with Gasteiger partial charge >= 0.3 is 0 Å². The van der Waals surface area contributed by atoms with Crippen LogP contribution < -0.4 is 10.2 Å². The molecule has 0 radical (unpaired) electrons. The quantitative estimate of drug-likeness (QED) is 0.670. The van der Waals surface area contributed by atoms with Crippen LogP contribution in [0.3, 0.4) is 0 Å². The Labute approximate surface area is 122 Å². The first-order valence-corrected chi connectivity index (χ1v) is 7.25. The number of nitrogens with one attached hydrogen (secondary N) is 1. The first kappa shape index (κ1) is 13.8. The molecule has 7 nitrogen and oxygen atoms in total. The smallest absolute Gasteiger partial charge is 0.289 e. The molecule has 2 unspecified atom stereocenters. The van der Waals surface area contributed by atoms with E-state index in [1.807, 2.05) is 6.07 Å². The van der Waals surface area contributed by atoms with E-state index in [-0.39, 0.29) is 11.3 Å². The summed E-state index contributed by atoms with van der Waals surface area (Å²) >= 11 is 0. The van der Waals surface area contributed by atoms with Crippen molar-refractivity contribution in [2.75, 3.05) is 18.0 Å². The third-order valence-corrected chi connectivity index (χ3v) is 4.32. The van der Waals surface area contributed by atoms with Gasteiger partial charge in [-0.2, -0.15) is 5.26 Å². The Kier molecular flexibility index (Phi) is 3.71. The van der Waals surface area contributed by atoms with Crippen LogP contribution in [-0.4, -0.2) is 35.1 Å². The SMILES string of the molecule is N#Cc1cc([N+](=O)[O-])cnc1N1CCCC1C1CCCN1. The van der Waals surface area contributed by atoms with Crippen LogP contribution in [0.4, 0.5) is 11.5 Å². The van der Waals surface area contributed by atoms with Gasteiger partial charge < -0.3 is 10.2 Å². The molecule has 1 aromatic rings. The molecule has 0 saturated carbocycles. The molecule has 2 atom stereocenters. The van der Waals surface area contributed by atoms with Gasteiger partial charge in [-0.05, 0) is 32.2 Å². The number of nitrogens with zero attached hydrogens (tertiary/aromatic N) is 4. The molecule has 2 fully saturated rings. The predicted octanol–water partition coefficient (Wildman–Crippen LogP) is 1.58. The van der Waals surface area contributed by atoms with E-state index < -0.39 is 4.92 Å². The number of hydrogen-bond donors (Lipinski definition) is 1. The molecule has 7 heteroatoms. The normalized spacial score (nSPS) is 25.0. The largest absolute Gasteiger partial charge is 0.351 e. The monoisotopic (exact) mass is 287 g/mol. The highest BCUT2D eigenvalue weighted by Gasteiger charge is 2.35. The minimum atomic E-state index is -0.516. The van der Waals surface area contributed by atoms with Crippen molar-refractivity contribution in [2.24, 2.45) is 0 Å². The molecule has 0 amide bonds. The minimum Gasteiger partial charge on any atom is -0.351 e. The predicted molar refractivity (Wildman–Crippen MR) is 77.0 cm³/mol. The van der Waals surface area contributed by atoms with Crippen LogP contribution in [0.1, 0.15) is 31.2 Å². The molecule has 1 N–H and O–H groups in total. The van der Waals surface area contributed by atoms with Gasteiger partial charge in [-0.25, -0.2) is 4.98 Å². The van der Waals surface area contributed by atoms with Gasteiger partial charge in [0.15, 0.2) is 0 Å². The molecule has 110 valence electrons. The van der Waals surface area contributed by atoms with Crippen molar-refractivity contribution in [3.8, 4) is 6.07 Å². The summed E-state index contributed by atoms with van der Waals surface area (Å²) in [6.45, 7) is 1.89. The van der Waals surface area contributed by atoms with E-state index in [4.69, 9.17) is 0 Å². The van der Waals surface area contributed by atoms with Crippen LogP contribution in [0.5, 0.6) is 0 Å². The van der Waals surface area contributed by atoms with E-state index in [2.05, 4.69) is 15.2 Å². The van der Waals surface area contributed by atoms with E-state index in [0.29, 0.717) is 17.9 Å². The van der Waals surface area contributed by atoms with Crippen LogP contribution in [-0.2, 0) is 0 Å². The van der Waals surface area contributed by atoms with E-state index in [9.17, 15) is 15.4 Å². The summed E-state index contributed by atoms with van der Waals surface area (Å²) < 4.78 is 0. The topological polar surface area (TPSA) is 95.1 Å². The average molecular weight is 287 g/mol. The molecule has 0 spiro atoms. The molecular formula is C14H17N5O2. The Morgan fingerprint density at radius 1 is 1.48 bits per heavy atom. The zero-order valence-corrected chi connectivity index (χ0v) is 11.7. The molecule has 3 rings (SSSR count). The summed E-state index contributed by atoms with van der Waals surface area (Å²) in [5.74, 6) is 0.583. The van der Waals surface area contributed by atoms with Crippen LogP contribution in [0, 0.1) is 21.4 Å². The summed E-state index contributed by atoms with van der Waals surface area (Å²) in [7, 11) is 0. The lowest BCUT2D eigenvalue weighted by Crippen LogP contribution is -2.44. The average Bonchev–Trinajstić information content (AvgIpc) is 3.16. The molecule has 0 aromatic carbocycles. The van der Waals surface area contributed by atoms with E-state index in [1.54, 1.807) is 0 Å². The fourth-order valence-electron chi connectivity index (χ4n) is 3.37. The van der Waals surface area contributed by atoms with Gasteiger partial charge in [0.2, 0.25) is 0 Å². The van der Waals surface area contributed by atoms with E-state index in [1.165, 1.54) is 18.7 Å². The van der Waals surface area contributed by atoms with Crippen molar-refractivity contribution in [3.05, 3.63) is 27.9 Å². The number of aromatic nitrogens is 1. The zero-order chi connectivity index (χ0) is 14.8. The Morgan fingerprint density at radius 3 is 3.00 bits per heavy atom. The van der Waals surface area contributed by atoms with Crippen molar-refractivity contribution in [3.63, 3.8) is 0 Å². The lowest BCUT2D eigenvalue weighted by atomic mass is 10.0. The summed E-state index contributed by atoms with van der Waals surface area (Å²) in [4.78, 5) is 16.6. The van der Waals surface area contributed by atoms with Crippen LogP contribution >= 0.6 is 0 Å². The summed E-state index contributed by atoms with van der Waals surface area (Å²) in [6, 6.07) is 4.12. The summed E-state index contributed by atoms with van der Waals surface area (Å²) in [5.41, 5.74) is 0.152. The maximum absolute atomic E-state index is 10.8. The van der Waals surface area contributed by atoms with Crippen molar-refractivity contribution in [1.29, 1.82) is 5.26 Å². The van der Waals surface area contributed by atoms with Crippen molar-refractivity contribution in [1.82, 2.24) is 10.3 Å². The molecule has 0 bridgehead atoms. The number of hydrogen-bond acceptors (Lipinski definition) is 6. The summed E-state index contributed by atoms with van der Waals surface area (Å²) in [5, 5.41) is 23.6. The van der Waals surface area contributed by atoms with Crippen LogP contribution in [0.15, 0.2) is 12.3 Å². The Morgan fingerprint density at radius 2 is 2.33 bits per heavy atom. The standard InChI is InChI=1S/C14H17N5O2/c15-8-10-7-11(19(20)21)9-17-14(10)18-6-2-4-13(18)12-3-1-5-16-12/h7,9,12-13,16H,1-6H2. The number of rotatable bonds is 3. The number of nitro groups is 1. The molecule has 2 saturated heterocycles. The molecule has 21 heavy (non-hydrogen) atoms. The molecule has 2 aliphatic rings. The maximum Gasteiger partial charge on any atom is 0.289 e. The molecular weight excluding hydrogens is 270 g/mol. The second-order valence-electron chi connectivity index (χ2n) is 5.54. The van der Waals surface area contributed by atoms with Gasteiger partial charge in [0, 0.05) is 24.7 Å². The second kappa shape index (κ2) is 5.66. The van der Waals surface area contributed by atoms with Gasteiger partial charge in [0.25, 0.3) is 5.69 Å². The van der Waals surface area contributed by atoms with Crippen LogP contribution in [0.2, 0.25) is 0 Å². The number of nitriles is 1. The highest BCUT2D eigenvalue weighted by atomic mass is 16.6. The van der Waals surface area contributed by atoms with E-state index >= 15 is 0 Å². The van der Waals surface area contributed by atoms with Crippen LogP contribution in [0.25, 0.3) is 0 Å². The second-order valence-corrected chi connectivity index (χ2v) is 5.54. The van der Waals surface area contributed by atoms with Gasteiger partial charge in [-0.3, -0.25) is 10.1 Å². The minimum absolute atomic E-state index is 0.134. The molecule has 3 heterocycles. The molecule has 2 aliphatic heterocycles. The third-order valence-electron chi connectivity index (χ3n) is 4.32.